The van der Waals surface area contributed by atoms with Crippen LogP contribution in [0.15, 0.2) is 58.4 Å². The lowest BCUT2D eigenvalue weighted by Gasteiger charge is -2.69. The minimum atomic E-state index is -0.690. The second kappa shape index (κ2) is 15.2. The van der Waals surface area contributed by atoms with E-state index in [1.54, 1.807) is 0 Å². The van der Waals surface area contributed by atoms with Crippen molar-refractivity contribution < 1.29 is 34.2 Å². The average Bonchev–Trinajstić information content (AvgIpc) is 3.80. The number of aliphatic imine (C=N–C) groups is 1. The number of quaternary nitrogens is 1. The first-order valence-corrected chi connectivity index (χ1v) is 24.7. The van der Waals surface area contributed by atoms with Crippen LogP contribution >= 0.6 is 0 Å². The first-order chi connectivity index (χ1) is 29.4. The molecule has 2 saturated heterocycles. The lowest BCUT2D eigenvalue weighted by Crippen LogP contribution is -3.11. The summed E-state index contributed by atoms with van der Waals surface area (Å²) in [7, 11) is 0. The lowest BCUT2D eigenvalue weighted by atomic mass is 9.34. The van der Waals surface area contributed by atoms with Gasteiger partial charge in [-0.15, -0.1) is 0 Å². The molecule has 4 saturated carbocycles. The minimum absolute atomic E-state index is 0.0559. The van der Waals surface area contributed by atoms with Gasteiger partial charge in [-0.3, -0.25) is 19.5 Å². The first kappa shape index (κ1) is 43.2. The number of carbonyl (C=O) groups excluding carboxylic acids is 2. The van der Waals surface area contributed by atoms with Gasteiger partial charge in [-0.1, -0.05) is 72.6 Å². The highest BCUT2D eigenvalue weighted by Crippen LogP contribution is 2.74. The molecule has 4 aliphatic heterocycles. The molecule has 6 fully saturated rings. The summed E-state index contributed by atoms with van der Waals surface area (Å²) < 4.78 is 11.7. The Morgan fingerprint density at radius 2 is 1.60 bits per heavy atom. The number of fused-ring (bicyclic) bond motifs is 6. The molecule has 9 aliphatic rings. The van der Waals surface area contributed by atoms with Crippen molar-refractivity contribution >= 4 is 17.3 Å². The van der Waals surface area contributed by atoms with Crippen LogP contribution in [0.25, 0.3) is 0 Å². The number of ether oxygens (including phenoxy) is 2. The summed E-state index contributed by atoms with van der Waals surface area (Å²) in [6.45, 7) is 19.9. The molecule has 8 heteroatoms. The average molecular weight is 848 g/mol. The number of aliphatic hydroxyl groups excluding tert-OH is 2. The quantitative estimate of drug-likeness (QED) is 0.205. The third-order valence-corrected chi connectivity index (χ3v) is 19.5. The summed E-state index contributed by atoms with van der Waals surface area (Å²) in [6, 6.07) is 7.55. The van der Waals surface area contributed by atoms with Crippen molar-refractivity contribution in [2.45, 2.75) is 181 Å². The number of hydrogen-bond donors (Lipinski definition) is 3. The van der Waals surface area contributed by atoms with Gasteiger partial charge in [0.2, 0.25) is 0 Å². The molecular formula is C54H75N2O6+. The van der Waals surface area contributed by atoms with E-state index in [4.69, 9.17) is 14.5 Å². The third-order valence-electron chi connectivity index (χ3n) is 19.5. The monoisotopic (exact) mass is 848 g/mol. The van der Waals surface area contributed by atoms with E-state index < -0.39 is 23.0 Å². The topological polar surface area (TPSA) is 113 Å². The van der Waals surface area contributed by atoms with Gasteiger partial charge in [0.15, 0.2) is 11.8 Å². The molecular weight excluding hydrogens is 773 g/mol. The number of hydrogen-bond acceptors (Lipinski definition) is 7. The molecule has 10 rings (SSSR count). The fraction of sp³-hybridized carbons (Fsp3) is 0.722. The summed E-state index contributed by atoms with van der Waals surface area (Å²) in [5.74, 6) is 1.34. The Morgan fingerprint density at radius 1 is 0.919 bits per heavy atom. The summed E-state index contributed by atoms with van der Waals surface area (Å²) >= 11 is 0. The Hall–Kier alpha value is -2.75. The molecule has 0 amide bonds. The van der Waals surface area contributed by atoms with Crippen molar-refractivity contribution in [3.63, 3.8) is 0 Å². The van der Waals surface area contributed by atoms with Crippen molar-refractivity contribution in [1.29, 1.82) is 0 Å². The first-order valence-electron chi connectivity index (χ1n) is 24.7. The smallest absolute Gasteiger partial charge is 0.160 e. The van der Waals surface area contributed by atoms with Crippen LogP contribution in [0.2, 0.25) is 0 Å². The van der Waals surface area contributed by atoms with Gasteiger partial charge in [-0.25, -0.2) is 0 Å². The Morgan fingerprint density at radius 3 is 2.27 bits per heavy atom. The SMILES string of the molecule is CC(CC(O)C1OC1(C)C)C1=C2C(C[NH+]3C=C(Cc4cc(C5CCCC5)cc(C5CCOCC5)c4)C4=NC=CC43)C(O)C3C4(C)CCC(=O)C(C)(C)C4CCC3(C)C2(C)CC1=O. The Bertz CT molecular complexity index is 2140. The fourth-order valence-corrected chi connectivity index (χ4v) is 16.1. The number of benzene rings is 1. The second-order valence-corrected chi connectivity index (χ2v) is 23.7. The van der Waals surface area contributed by atoms with Gasteiger partial charge in [-0.2, -0.15) is 0 Å². The zero-order valence-electron chi connectivity index (χ0n) is 39.0. The van der Waals surface area contributed by atoms with Crippen LogP contribution in [0.3, 0.4) is 0 Å². The number of epoxide rings is 1. The predicted molar refractivity (Wildman–Crippen MR) is 242 cm³/mol. The van der Waals surface area contributed by atoms with Crippen LogP contribution in [0.5, 0.6) is 0 Å². The summed E-state index contributed by atoms with van der Waals surface area (Å²) in [5.41, 5.74) is 6.87. The van der Waals surface area contributed by atoms with E-state index in [0.29, 0.717) is 43.4 Å². The number of allylic oxidation sites excluding steroid dienone is 1. The van der Waals surface area contributed by atoms with Crippen molar-refractivity contribution in [2.24, 2.45) is 50.3 Å². The van der Waals surface area contributed by atoms with E-state index in [1.165, 1.54) is 52.8 Å². The van der Waals surface area contributed by atoms with E-state index in [9.17, 15) is 19.8 Å². The van der Waals surface area contributed by atoms with Crippen LogP contribution in [-0.2, 0) is 25.5 Å². The van der Waals surface area contributed by atoms with Crippen LogP contribution in [0.4, 0.5) is 0 Å². The summed E-state index contributed by atoms with van der Waals surface area (Å²) in [4.78, 5) is 34.8. The molecule has 4 heterocycles. The molecule has 3 N–H and O–H groups in total. The number of Topliss-reactive ketones (excluding diaryl/α,β-unsaturated/α-hetero) is 2. The number of nitrogens with one attached hydrogen (secondary N) is 1. The minimum Gasteiger partial charge on any atom is -0.392 e. The number of nitrogens with zero attached hydrogens (tertiary/aromatic N) is 1. The third kappa shape index (κ3) is 6.63. The van der Waals surface area contributed by atoms with Gasteiger partial charge in [-0.05, 0) is 140 Å². The van der Waals surface area contributed by atoms with Crippen LogP contribution < -0.4 is 4.90 Å². The zero-order chi connectivity index (χ0) is 43.7. The second-order valence-electron chi connectivity index (χ2n) is 23.7. The highest BCUT2D eigenvalue weighted by molar-refractivity contribution is 6.07. The summed E-state index contributed by atoms with van der Waals surface area (Å²) in [6.07, 6.45) is 17.2. The molecule has 62 heavy (non-hydrogen) atoms. The van der Waals surface area contributed by atoms with E-state index >= 15 is 0 Å². The molecule has 12 atom stereocenters. The van der Waals surface area contributed by atoms with E-state index in [0.717, 1.165) is 68.6 Å². The standard InChI is InChI=1S/C54H74N2O6/c1-31(23-40(57)49-51(4,5)62-49)44-41(58)28-54(8)45(44)38(47(60)48-52(6)18-14-43(59)50(2,3)42(52)13-19-53(48,54)7)30-56-29-37(46-39(56)15-20-55-46)26-32-24-35(33-11-9-10-12-33)27-36(25-32)34-16-21-61-22-17-34/h15,20,24-25,27,29,31,33-34,38-40,42,47-49,57,60H,9-14,16-19,21-23,26,28,30H2,1-8H3/p+1. The maximum atomic E-state index is 14.8. The molecule has 0 bridgehead atoms. The number of carbonyl (C=O) groups is 2. The number of aliphatic hydroxyl groups is 2. The van der Waals surface area contributed by atoms with Crippen molar-refractivity contribution in [1.82, 2.24) is 0 Å². The summed E-state index contributed by atoms with van der Waals surface area (Å²) in [5, 5.41) is 24.9. The molecule has 12 unspecified atom stereocenters. The molecule has 0 spiro atoms. The van der Waals surface area contributed by atoms with Crippen molar-refractivity contribution in [2.75, 3.05) is 19.8 Å². The fourth-order valence-electron chi connectivity index (χ4n) is 16.1. The maximum absolute atomic E-state index is 14.8. The molecule has 8 nitrogen and oxygen atoms in total. The van der Waals surface area contributed by atoms with E-state index in [-0.39, 0.29) is 58.0 Å². The predicted octanol–water partition coefficient (Wildman–Crippen LogP) is 8.16. The molecule has 1 aromatic rings. The number of rotatable bonds is 10. The van der Waals surface area contributed by atoms with Gasteiger partial charge in [0, 0.05) is 55.1 Å². The Balaban J connectivity index is 1.04. The van der Waals surface area contributed by atoms with Crippen LogP contribution in [0.1, 0.15) is 161 Å². The molecule has 5 aliphatic carbocycles. The van der Waals surface area contributed by atoms with Gasteiger partial charge >= 0.3 is 0 Å². The molecule has 0 aromatic heterocycles. The molecule has 1 aromatic carbocycles. The molecule has 336 valence electrons. The Labute approximate surface area is 371 Å². The lowest BCUT2D eigenvalue weighted by molar-refractivity contribution is -0.856. The normalized spacial score (nSPS) is 40.8. The zero-order valence-corrected chi connectivity index (χ0v) is 39.0. The highest BCUT2D eigenvalue weighted by atomic mass is 16.6. The van der Waals surface area contributed by atoms with Gasteiger partial charge < -0.3 is 19.7 Å². The largest absolute Gasteiger partial charge is 0.392 e. The Kier molecular flexibility index (Phi) is 10.5. The van der Waals surface area contributed by atoms with Gasteiger partial charge in [0.05, 0.1) is 30.3 Å². The maximum Gasteiger partial charge on any atom is 0.160 e. The van der Waals surface area contributed by atoms with Crippen molar-refractivity contribution in [3.05, 3.63) is 70.1 Å². The molecule has 0 radical (unpaired) electrons. The van der Waals surface area contributed by atoms with Crippen LogP contribution in [-0.4, -0.2) is 77.2 Å². The number of ketones is 2. The van der Waals surface area contributed by atoms with E-state index in [1.807, 2.05) is 20.0 Å². The van der Waals surface area contributed by atoms with E-state index in [2.05, 4.69) is 72.0 Å². The van der Waals surface area contributed by atoms with Gasteiger partial charge in [0.25, 0.3) is 0 Å². The highest BCUT2D eigenvalue weighted by Gasteiger charge is 2.72. The van der Waals surface area contributed by atoms with Crippen molar-refractivity contribution in [3.8, 4) is 0 Å². The van der Waals surface area contributed by atoms with Crippen LogP contribution in [0, 0.1) is 45.3 Å². The van der Waals surface area contributed by atoms with Gasteiger partial charge in [0.1, 0.15) is 23.8 Å².